The second-order valence-electron chi connectivity index (χ2n) is 7.60. The van der Waals surface area contributed by atoms with Crippen molar-refractivity contribution < 1.29 is 9.53 Å². The molecule has 2 unspecified atom stereocenters. The Hall–Kier alpha value is -0.650. The van der Waals surface area contributed by atoms with Crippen LogP contribution in [0.4, 0.5) is 0 Å². The summed E-state index contributed by atoms with van der Waals surface area (Å²) >= 11 is 0. The second-order valence-corrected chi connectivity index (χ2v) is 7.60. The van der Waals surface area contributed by atoms with Crippen molar-refractivity contribution in [3.8, 4) is 0 Å². The van der Waals surface area contributed by atoms with Crippen LogP contribution in [0.15, 0.2) is 0 Å². The summed E-state index contributed by atoms with van der Waals surface area (Å²) in [5.41, 5.74) is 5.22. The lowest BCUT2D eigenvalue weighted by molar-refractivity contribution is -0.128. The van der Waals surface area contributed by atoms with Crippen LogP contribution in [0.3, 0.4) is 0 Å². The van der Waals surface area contributed by atoms with Gasteiger partial charge in [0.15, 0.2) is 0 Å². The van der Waals surface area contributed by atoms with E-state index in [4.69, 9.17) is 10.5 Å². The molecule has 0 saturated carbocycles. The number of carbonyl (C=O) groups is 1. The number of carbonyl (C=O) groups excluding carboxylic acids is 1. The van der Waals surface area contributed by atoms with Crippen LogP contribution in [0, 0.1) is 5.92 Å². The average molecular weight is 297 g/mol. The van der Waals surface area contributed by atoms with Gasteiger partial charge < -0.3 is 15.8 Å². The predicted octanol–water partition coefficient (Wildman–Crippen LogP) is 1.12. The molecule has 2 fully saturated rings. The number of rotatable bonds is 4. The Balaban J connectivity index is 1.99. The molecule has 2 atom stereocenters. The number of nitrogens with two attached hydrogens (primary N) is 1. The first kappa shape index (κ1) is 16.7. The van der Waals surface area contributed by atoms with Crippen molar-refractivity contribution in [1.82, 2.24) is 10.2 Å². The van der Waals surface area contributed by atoms with Gasteiger partial charge in [-0.1, -0.05) is 0 Å². The van der Waals surface area contributed by atoms with E-state index in [9.17, 15) is 4.79 Å². The summed E-state index contributed by atoms with van der Waals surface area (Å²) in [6.07, 6.45) is 3.08. The fraction of sp³-hybridized carbons (Fsp3) is 0.938. The Morgan fingerprint density at radius 3 is 2.67 bits per heavy atom. The molecule has 5 heteroatoms. The summed E-state index contributed by atoms with van der Waals surface area (Å²) < 4.78 is 6.20. The minimum Gasteiger partial charge on any atom is -0.368 e. The third-order valence-corrected chi connectivity index (χ3v) is 4.73. The highest BCUT2D eigenvalue weighted by atomic mass is 16.5. The maximum Gasteiger partial charge on any atom is 0.224 e. The van der Waals surface area contributed by atoms with E-state index < -0.39 is 0 Å². The SMILES string of the molecule is CC1(C)CC(N2CCCC(C(=O)NCCN)C2)C(C)(C)O1. The monoisotopic (exact) mass is 297 g/mol. The number of ether oxygens (including phenoxy) is 1. The molecule has 2 heterocycles. The summed E-state index contributed by atoms with van der Waals surface area (Å²) in [6, 6.07) is 0.387. The maximum atomic E-state index is 12.2. The molecule has 5 nitrogen and oxygen atoms in total. The predicted molar refractivity (Wildman–Crippen MR) is 84.0 cm³/mol. The van der Waals surface area contributed by atoms with Gasteiger partial charge in [0.05, 0.1) is 17.1 Å². The van der Waals surface area contributed by atoms with Gasteiger partial charge in [-0.15, -0.1) is 0 Å². The van der Waals surface area contributed by atoms with Gasteiger partial charge in [-0.05, 0) is 53.5 Å². The zero-order valence-electron chi connectivity index (χ0n) is 13.9. The van der Waals surface area contributed by atoms with E-state index in [1.165, 1.54) is 0 Å². The van der Waals surface area contributed by atoms with E-state index in [0.717, 1.165) is 32.4 Å². The molecule has 0 aromatic carbocycles. The summed E-state index contributed by atoms with van der Waals surface area (Å²) in [7, 11) is 0. The largest absolute Gasteiger partial charge is 0.368 e. The molecule has 0 aromatic rings. The molecule has 0 aliphatic carbocycles. The van der Waals surface area contributed by atoms with Gasteiger partial charge in [0.25, 0.3) is 0 Å². The van der Waals surface area contributed by atoms with Gasteiger partial charge in [-0.25, -0.2) is 0 Å². The van der Waals surface area contributed by atoms with Crippen molar-refractivity contribution in [2.24, 2.45) is 11.7 Å². The fourth-order valence-corrected chi connectivity index (χ4v) is 3.95. The molecule has 2 aliphatic rings. The number of nitrogens with one attached hydrogen (secondary N) is 1. The molecule has 0 aromatic heterocycles. The number of nitrogens with zero attached hydrogens (tertiary/aromatic N) is 1. The lowest BCUT2D eigenvalue weighted by Crippen LogP contribution is -2.52. The molecule has 1 amide bonds. The Bertz CT molecular complexity index is 382. The van der Waals surface area contributed by atoms with Gasteiger partial charge in [0, 0.05) is 25.7 Å². The van der Waals surface area contributed by atoms with E-state index in [0.29, 0.717) is 19.1 Å². The van der Waals surface area contributed by atoms with E-state index in [2.05, 4.69) is 37.9 Å². The molecular formula is C16H31N3O2. The van der Waals surface area contributed by atoms with Gasteiger partial charge in [-0.2, -0.15) is 0 Å². The standard InChI is InChI=1S/C16H31N3O2/c1-15(2)10-13(16(3,4)21-15)19-9-5-6-12(11-19)14(20)18-8-7-17/h12-13H,5-11,17H2,1-4H3,(H,18,20). The van der Waals surface area contributed by atoms with Crippen LogP contribution >= 0.6 is 0 Å². The molecule has 0 spiro atoms. The molecule has 21 heavy (non-hydrogen) atoms. The lowest BCUT2D eigenvalue weighted by Gasteiger charge is -2.40. The first-order valence-electron chi connectivity index (χ1n) is 8.17. The molecule has 0 bridgehead atoms. The number of hydrogen-bond donors (Lipinski definition) is 2. The van der Waals surface area contributed by atoms with Gasteiger partial charge in [0.1, 0.15) is 0 Å². The maximum absolute atomic E-state index is 12.2. The fourth-order valence-electron chi connectivity index (χ4n) is 3.95. The number of amides is 1. The van der Waals surface area contributed by atoms with Crippen molar-refractivity contribution in [3.63, 3.8) is 0 Å². The lowest BCUT2D eigenvalue weighted by atomic mass is 9.88. The minimum atomic E-state index is -0.154. The molecule has 122 valence electrons. The van der Waals surface area contributed by atoms with Crippen LogP contribution in [0.2, 0.25) is 0 Å². The van der Waals surface area contributed by atoms with Gasteiger partial charge in [-0.3, -0.25) is 9.69 Å². The highest BCUT2D eigenvalue weighted by Crippen LogP contribution is 2.41. The third kappa shape index (κ3) is 3.96. The number of piperidine rings is 1. The smallest absolute Gasteiger partial charge is 0.224 e. The summed E-state index contributed by atoms with van der Waals surface area (Å²) in [5, 5.41) is 2.93. The molecule has 2 aliphatic heterocycles. The Labute approximate surface area is 128 Å². The Morgan fingerprint density at radius 2 is 2.10 bits per heavy atom. The summed E-state index contributed by atoms with van der Waals surface area (Å²) in [4.78, 5) is 14.6. The van der Waals surface area contributed by atoms with Crippen molar-refractivity contribution in [2.75, 3.05) is 26.2 Å². The average Bonchev–Trinajstić information content (AvgIpc) is 2.64. The van der Waals surface area contributed by atoms with E-state index in [1.807, 2.05) is 0 Å². The Morgan fingerprint density at radius 1 is 1.38 bits per heavy atom. The van der Waals surface area contributed by atoms with Crippen LogP contribution in [-0.4, -0.2) is 54.2 Å². The quantitative estimate of drug-likeness (QED) is 0.816. The van der Waals surface area contributed by atoms with E-state index >= 15 is 0 Å². The van der Waals surface area contributed by atoms with Crippen LogP contribution in [0.25, 0.3) is 0 Å². The van der Waals surface area contributed by atoms with Gasteiger partial charge in [0.2, 0.25) is 5.91 Å². The van der Waals surface area contributed by atoms with Crippen LogP contribution in [-0.2, 0) is 9.53 Å². The van der Waals surface area contributed by atoms with Crippen molar-refractivity contribution >= 4 is 5.91 Å². The van der Waals surface area contributed by atoms with Crippen molar-refractivity contribution in [1.29, 1.82) is 0 Å². The normalized spacial score (nSPS) is 32.0. The molecule has 0 radical (unpaired) electrons. The van der Waals surface area contributed by atoms with Crippen molar-refractivity contribution in [2.45, 2.75) is 64.2 Å². The van der Waals surface area contributed by atoms with Gasteiger partial charge >= 0.3 is 0 Å². The number of likely N-dealkylation sites (tertiary alicyclic amines) is 1. The molecule has 3 N–H and O–H groups in total. The zero-order valence-corrected chi connectivity index (χ0v) is 13.9. The van der Waals surface area contributed by atoms with Crippen LogP contribution < -0.4 is 11.1 Å². The molecule has 2 rings (SSSR count). The topological polar surface area (TPSA) is 67.6 Å². The molecule has 2 saturated heterocycles. The second kappa shape index (κ2) is 6.23. The summed E-state index contributed by atoms with van der Waals surface area (Å²) in [6.45, 7) is 11.6. The Kier molecular flexibility index (Phi) is 4.96. The van der Waals surface area contributed by atoms with Crippen LogP contribution in [0.1, 0.15) is 47.0 Å². The van der Waals surface area contributed by atoms with Crippen molar-refractivity contribution in [3.05, 3.63) is 0 Å². The molecular weight excluding hydrogens is 266 g/mol. The third-order valence-electron chi connectivity index (χ3n) is 4.73. The first-order valence-corrected chi connectivity index (χ1v) is 8.17. The van der Waals surface area contributed by atoms with E-state index in [1.54, 1.807) is 0 Å². The zero-order chi connectivity index (χ0) is 15.7. The number of hydrogen-bond acceptors (Lipinski definition) is 4. The highest BCUT2D eigenvalue weighted by molar-refractivity contribution is 5.78. The van der Waals surface area contributed by atoms with Crippen LogP contribution in [0.5, 0.6) is 0 Å². The minimum absolute atomic E-state index is 0.0804. The van der Waals surface area contributed by atoms with E-state index in [-0.39, 0.29) is 23.0 Å². The summed E-state index contributed by atoms with van der Waals surface area (Å²) in [5.74, 6) is 0.242. The first-order chi connectivity index (χ1) is 9.75. The highest BCUT2D eigenvalue weighted by Gasteiger charge is 2.49.